The van der Waals surface area contributed by atoms with Crippen LogP contribution < -0.4 is 0 Å². The van der Waals surface area contributed by atoms with Gasteiger partial charge in [0.05, 0.1) is 0 Å². The molecule has 0 unspecified atom stereocenters. The molecule has 0 atom stereocenters. The first-order valence-corrected chi connectivity index (χ1v) is 2.91. The molecule has 0 radical (unpaired) electrons. The van der Waals surface area contributed by atoms with Gasteiger partial charge in [-0.25, -0.2) is 4.79 Å². The number of alkyl halides is 5. The summed E-state index contributed by atoms with van der Waals surface area (Å²) < 4.78 is 61.5. The fourth-order valence-corrected chi connectivity index (χ4v) is 0.357. The number of hydrogen-bond donors (Lipinski definition) is 1. The van der Waals surface area contributed by atoms with E-state index in [1.54, 1.807) is 0 Å². The van der Waals surface area contributed by atoms with Gasteiger partial charge in [0.2, 0.25) is 0 Å². The summed E-state index contributed by atoms with van der Waals surface area (Å²) in [6.07, 6.45) is -4.74. The molecule has 0 aliphatic rings. The maximum Gasteiger partial charge on any atom is 0.411 e. The summed E-state index contributed by atoms with van der Waals surface area (Å²) in [6, 6.07) is 0. The molecule has 3 nitrogen and oxygen atoms in total. The van der Waals surface area contributed by atoms with Crippen LogP contribution in [0.1, 0.15) is 0 Å². The lowest BCUT2D eigenvalue weighted by Crippen LogP contribution is -2.35. The molecule has 0 aliphatic carbocycles. The normalized spacial score (nSPS) is 13.0. The highest BCUT2D eigenvalue weighted by Crippen LogP contribution is 2.18. The van der Waals surface area contributed by atoms with Gasteiger partial charge in [0.1, 0.15) is 13.2 Å². The number of aliphatic carboxylic acids is 1. The Balaban J connectivity index is 3.84. The highest BCUT2D eigenvalue weighted by molar-refractivity contribution is 5.75. The van der Waals surface area contributed by atoms with Crippen molar-refractivity contribution in [3.05, 3.63) is 0 Å². The third kappa shape index (κ3) is 5.34. The summed E-state index contributed by atoms with van der Waals surface area (Å²) in [7, 11) is 0. The van der Waals surface area contributed by atoms with Crippen molar-refractivity contribution >= 4 is 5.97 Å². The van der Waals surface area contributed by atoms with Crippen LogP contribution in [0.2, 0.25) is 0 Å². The molecule has 1 N–H and O–H groups in total. The molecule has 0 aliphatic heterocycles. The van der Waals surface area contributed by atoms with Crippen molar-refractivity contribution in [3.8, 4) is 0 Å². The van der Waals surface area contributed by atoms with Gasteiger partial charge in [0, 0.05) is 0 Å². The molecule has 0 bridgehead atoms. The van der Waals surface area contributed by atoms with Gasteiger partial charge >= 0.3 is 18.1 Å². The smallest absolute Gasteiger partial charge is 0.411 e. The molecule has 78 valence electrons. The Labute approximate surface area is 69.1 Å². The van der Waals surface area contributed by atoms with E-state index in [2.05, 4.69) is 4.74 Å². The van der Waals surface area contributed by atoms with Crippen molar-refractivity contribution in [2.45, 2.75) is 12.1 Å². The highest BCUT2D eigenvalue weighted by Gasteiger charge is 2.40. The maximum atomic E-state index is 12.0. The van der Waals surface area contributed by atoms with Crippen molar-refractivity contribution in [1.82, 2.24) is 0 Å². The van der Waals surface area contributed by atoms with Crippen LogP contribution in [-0.2, 0) is 9.53 Å². The van der Waals surface area contributed by atoms with Crippen LogP contribution in [-0.4, -0.2) is 36.4 Å². The molecule has 0 aromatic carbocycles. The van der Waals surface area contributed by atoms with Gasteiger partial charge in [0.25, 0.3) is 0 Å². The lowest BCUT2D eigenvalue weighted by atomic mass is 10.4. The first-order valence-electron chi connectivity index (χ1n) is 2.91. The second kappa shape index (κ2) is 3.86. The number of ether oxygens (including phenoxy) is 1. The van der Waals surface area contributed by atoms with E-state index in [9.17, 15) is 26.7 Å². The van der Waals surface area contributed by atoms with Crippen LogP contribution in [0, 0.1) is 0 Å². The summed E-state index contributed by atoms with van der Waals surface area (Å²) in [5.74, 6) is -6.81. The molecule has 13 heavy (non-hydrogen) atoms. The molecule has 0 rings (SSSR count). The molecule has 0 heterocycles. The summed E-state index contributed by atoms with van der Waals surface area (Å²) >= 11 is 0. The maximum absolute atomic E-state index is 12.0. The molecule has 0 saturated carbocycles. The number of carboxylic acid groups (broad SMARTS) is 1. The van der Waals surface area contributed by atoms with Crippen molar-refractivity contribution in [2.24, 2.45) is 0 Å². The summed E-state index contributed by atoms with van der Waals surface area (Å²) in [5.41, 5.74) is 0. The molecule has 8 heteroatoms. The third-order valence-corrected chi connectivity index (χ3v) is 0.862. The second-order valence-electron chi connectivity index (χ2n) is 2.12. The number of halogens is 5. The average Bonchev–Trinajstić information content (AvgIpc) is 1.82. The van der Waals surface area contributed by atoms with Crippen LogP contribution in [0.15, 0.2) is 0 Å². The van der Waals surface area contributed by atoms with Gasteiger partial charge in [-0.2, -0.15) is 22.0 Å². The van der Waals surface area contributed by atoms with E-state index >= 15 is 0 Å². The minimum Gasteiger partial charge on any atom is -0.477 e. The molecule has 0 amide bonds. The summed E-state index contributed by atoms with van der Waals surface area (Å²) in [4.78, 5) is 9.67. The van der Waals surface area contributed by atoms with Crippen molar-refractivity contribution in [3.63, 3.8) is 0 Å². The molecule has 0 aromatic rings. The predicted molar refractivity (Wildman–Crippen MR) is 29.5 cm³/mol. The molecular weight excluding hydrogens is 203 g/mol. The molecular formula is C5H5F5O3. The monoisotopic (exact) mass is 208 g/mol. The van der Waals surface area contributed by atoms with Gasteiger partial charge < -0.3 is 9.84 Å². The third-order valence-electron chi connectivity index (χ3n) is 0.862. The fourth-order valence-electron chi connectivity index (χ4n) is 0.357. The average molecular weight is 208 g/mol. The zero-order valence-electron chi connectivity index (χ0n) is 6.07. The topological polar surface area (TPSA) is 46.5 Å². The summed E-state index contributed by atoms with van der Waals surface area (Å²) in [6.45, 7) is -3.68. The molecule has 0 fully saturated rings. The quantitative estimate of drug-likeness (QED) is 0.708. The lowest BCUT2D eigenvalue weighted by Gasteiger charge is -2.12. The van der Waals surface area contributed by atoms with Crippen molar-refractivity contribution in [2.75, 3.05) is 13.2 Å². The van der Waals surface area contributed by atoms with E-state index in [0.717, 1.165) is 0 Å². The van der Waals surface area contributed by atoms with Crippen LogP contribution >= 0.6 is 0 Å². The van der Waals surface area contributed by atoms with Crippen LogP contribution in [0.5, 0.6) is 0 Å². The SMILES string of the molecule is O=C(O)C(F)(F)COCC(F)(F)F. The van der Waals surface area contributed by atoms with E-state index in [0.29, 0.717) is 0 Å². The largest absolute Gasteiger partial charge is 0.477 e. The van der Waals surface area contributed by atoms with Gasteiger partial charge in [-0.3, -0.25) is 0 Å². The first-order chi connectivity index (χ1) is 5.65. The van der Waals surface area contributed by atoms with Crippen LogP contribution in [0.3, 0.4) is 0 Å². The van der Waals surface area contributed by atoms with E-state index < -0.39 is 31.3 Å². The number of hydrogen-bond acceptors (Lipinski definition) is 2. The Morgan fingerprint density at radius 2 is 1.62 bits per heavy atom. The Kier molecular flexibility index (Phi) is 3.59. The highest BCUT2D eigenvalue weighted by atomic mass is 19.4. The van der Waals surface area contributed by atoms with Crippen molar-refractivity contribution in [1.29, 1.82) is 0 Å². The fraction of sp³-hybridized carbons (Fsp3) is 0.800. The molecule has 0 aromatic heterocycles. The minimum atomic E-state index is -4.74. The molecule has 0 spiro atoms. The van der Waals surface area contributed by atoms with Crippen LogP contribution in [0.25, 0.3) is 0 Å². The molecule has 0 saturated heterocycles. The van der Waals surface area contributed by atoms with E-state index in [4.69, 9.17) is 5.11 Å². The standard InChI is InChI=1S/C5H5F5O3/c6-4(7,3(11)12)1-13-2-5(8,9)10/h1-2H2,(H,11,12). The zero-order valence-corrected chi connectivity index (χ0v) is 6.07. The van der Waals surface area contributed by atoms with E-state index in [1.165, 1.54) is 0 Å². The second-order valence-corrected chi connectivity index (χ2v) is 2.12. The Morgan fingerprint density at radius 3 is 1.92 bits per heavy atom. The van der Waals surface area contributed by atoms with Gasteiger partial charge in [-0.15, -0.1) is 0 Å². The Bertz CT molecular complexity index is 187. The predicted octanol–water partition coefficient (Wildman–Crippen LogP) is 1.29. The number of rotatable bonds is 4. The first kappa shape index (κ1) is 12.1. The Hall–Kier alpha value is -0.920. The number of carboxylic acids is 1. The van der Waals surface area contributed by atoms with Gasteiger partial charge in [0.15, 0.2) is 0 Å². The Morgan fingerprint density at radius 1 is 1.15 bits per heavy atom. The van der Waals surface area contributed by atoms with E-state index in [1.807, 2.05) is 0 Å². The number of carbonyl (C=O) groups is 1. The van der Waals surface area contributed by atoms with Crippen molar-refractivity contribution < 1.29 is 36.6 Å². The summed E-state index contributed by atoms with van der Waals surface area (Å²) in [5, 5.41) is 7.76. The van der Waals surface area contributed by atoms with E-state index in [-0.39, 0.29) is 0 Å². The van der Waals surface area contributed by atoms with Gasteiger partial charge in [-0.1, -0.05) is 0 Å². The minimum absolute atomic E-state index is 1.79. The van der Waals surface area contributed by atoms with Crippen LogP contribution in [0.4, 0.5) is 22.0 Å². The van der Waals surface area contributed by atoms with Gasteiger partial charge in [-0.05, 0) is 0 Å². The lowest BCUT2D eigenvalue weighted by molar-refractivity contribution is -0.201. The zero-order chi connectivity index (χ0) is 10.7.